The van der Waals surface area contributed by atoms with Gasteiger partial charge in [0, 0.05) is 0 Å². The smallest absolute Gasteiger partial charge is 0.184 e. The van der Waals surface area contributed by atoms with Gasteiger partial charge >= 0.3 is 0 Å². The van der Waals surface area contributed by atoms with E-state index in [1.54, 1.807) is 12.1 Å². The quantitative estimate of drug-likeness (QED) is 0.469. The number of nitrogens with zero attached hydrogens (tertiary/aromatic N) is 1. The SMILES string of the molecule is NC(=S)NN=Cc1ccc(Br)o1. The van der Waals surface area contributed by atoms with Gasteiger partial charge in [0.2, 0.25) is 0 Å². The highest BCUT2D eigenvalue weighted by atomic mass is 79.9. The number of nitrogens with two attached hydrogens (primary N) is 1. The van der Waals surface area contributed by atoms with Gasteiger partial charge in [-0.1, -0.05) is 0 Å². The van der Waals surface area contributed by atoms with Crippen LogP contribution in [0.3, 0.4) is 0 Å². The van der Waals surface area contributed by atoms with Crippen LogP contribution in [0.15, 0.2) is 26.3 Å². The Morgan fingerprint density at radius 2 is 2.50 bits per heavy atom. The second kappa shape index (κ2) is 4.22. The van der Waals surface area contributed by atoms with Crippen LogP contribution in [0.4, 0.5) is 0 Å². The van der Waals surface area contributed by atoms with Crippen molar-refractivity contribution in [1.29, 1.82) is 0 Å². The maximum Gasteiger partial charge on any atom is 0.184 e. The molecule has 0 atom stereocenters. The topological polar surface area (TPSA) is 63.5 Å². The summed E-state index contributed by atoms with van der Waals surface area (Å²) in [6, 6.07) is 3.52. The third-order valence-corrected chi connectivity index (χ3v) is 1.48. The molecule has 1 aromatic rings. The molecular weight excluding hydrogens is 242 g/mol. The van der Waals surface area contributed by atoms with Crippen LogP contribution >= 0.6 is 28.1 Å². The molecule has 0 aliphatic heterocycles. The Bertz CT molecular complexity index is 309. The molecule has 0 aliphatic rings. The molecule has 0 aromatic carbocycles. The van der Waals surface area contributed by atoms with Crippen molar-refractivity contribution < 1.29 is 4.42 Å². The summed E-state index contributed by atoms with van der Waals surface area (Å²) < 4.78 is 5.76. The van der Waals surface area contributed by atoms with Gasteiger partial charge in [-0.3, -0.25) is 5.43 Å². The fourth-order valence-electron chi connectivity index (χ4n) is 0.557. The largest absolute Gasteiger partial charge is 0.448 e. The van der Waals surface area contributed by atoms with Crippen LogP contribution in [0.2, 0.25) is 0 Å². The summed E-state index contributed by atoms with van der Waals surface area (Å²) in [4.78, 5) is 0. The van der Waals surface area contributed by atoms with Gasteiger partial charge < -0.3 is 10.2 Å². The number of halogens is 1. The number of hydrogen-bond donors (Lipinski definition) is 2. The first-order valence-corrected chi connectivity index (χ1v) is 4.22. The molecule has 0 unspecified atom stereocenters. The van der Waals surface area contributed by atoms with E-state index in [0.29, 0.717) is 10.4 Å². The van der Waals surface area contributed by atoms with E-state index >= 15 is 0 Å². The lowest BCUT2D eigenvalue weighted by Crippen LogP contribution is -2.23. The Hall–Kier alpha value is -0.880. The Morgan fingerprint density at radius 1 is 1.75 bits per heavy atom. The van der Waals surface area contributed by atoms with Gasteiger partial charge in [-0.05, 0) is 40.3 Å². The van der Waals surface area contributed by atoms with Crippen LogP contribution in [-0.2, 0) is 0 Å². The first kappa shape index (κ1) is 9.21. The Labute approximate surface area is 82.9 Å². The summed E-state index contributed by atoms with van der Waals surface area (Å²) in [6.45, 7) is 0. The van der Waals surface area contributed by atoms with E-state index in [4.69, 9.17) is 10.2 Å². The van der Waals surface area contributed by atoms with Gasteiger partial charge in [0.15, 0.2) is 9.78 Å². The van der Waals surface area contributed by atoms with Gasteiger partial charge in [0.05, 0.1) is 6.21 Å². The summed E-state index contributed by atoms with van der Waals surface area (Å²) in [5, 5.41) is 3.82. The van der Waals surface area contributed by atoms with Crippen molar-refractivity contribution in [3.8, 4) is 0 Å². The van der Waals surface area contributed by atoms with E-state index < -0.39 is 0 Å². The zero-order valence-corrected chi connectivity index (χ0v) is 8.35. The lowest BCUT2D eigenvalue weighted by Gasteiger charge is -1.91. The summed E-state index contributed by atoms with van der Waals surface area (Å²) >= 11 is 7.68. The van der Waals surface area contributed by atoms with E-state index in [1.807, 2.05) is 0 Å². The molecule has 1 heterocycles. The molecule has 6 heteroatoms. The summed E-state index contributed by atoms with van der Waals surface area (Å²) in [6.07, 6.45) is 1.48. The molecule has 1 rings (SSSR count). The van der Waals surface area contributed by atoms with Crippen molar-refractivity contribution in [3.63, 3.8) is 0 Å². The standard InChI is InChI=1S/C6H6BrN3OS/c7-5-2-1-4(11-5)3-9-10-6(8)12/h1-3H,(H3,8,10,12). The number of furan rings is 1. The first-order valence-electron chi connectivity index (χ1n) is 3.02. The second-order valence-electron chi connectivity index (χ2n) is 1.88. The molecule has 0 fully saturated rings. The second-order valence-corrected chi connectivity index (χ2v) is 3.10. The third kappa shape index (κ3) is 3.02. The number of rotatable bonds is 2. The van der Waals surface area contributed by atoms with Crippen molar-refractivity contribution in [2.24, 2.45) is 10.8 Å². The van der Waals surface area contributed by atoms with Gasteiger partial charge in [0.1, 0.15) is 5.76 Å². The maximum absolute atomic E-state index is 5.13. The fraction of sp³-hybridized carbons (Fsp3) is 0. The van der Waals surface area contributed by atoms with Crippen LogP contribution in [0.25, 0.3) is 0 Å². The monoisotopic (exact) mass is 247 g/mol. The predicted molar refractivity (Wildman–Crippen MR) is 53.9 cm³/mol. The van der Waals surface area contributed by atoms with Gasteiger partial charge in [-0.15, -0.1) is 0 Å². The molecule has 0 bridgehead atoms. The zero-order chi connectivity index (χ0) is 8.97. The molecule has 0 radical (unpaired) electrons. The highest BCUT2D eigenvalue weighted by Crippen LogP contribution is 2.11. The van der Waals surface area contributed by atoms with Crippen LogP contribution in [-0.4, -0.2) is 11.3 Å². The van der Waals surface area contributed by atoms with Crippen LogP contribution < -0.4 is 11.2 Å². The summed E-state index contributed by atoms with van der Waals surface area (Å²) in [7, 11) is 0. The Balaban J connectivity index is 2.52. The van der Waals surface area contributed by atoms with Crippen molar-refractivity contribution in [3.05, 3.63) is 22.6 Å². The minimum atomic E-state index is 0.122. The van der Waals surface area contributed by atoms with Gasteiger partial charge in [0.25, 0.3) is 0 Å². The highest BCUT2D eigenvalue weighted by molar-refractivity contribution is 9.10. The van der Waals surface area contributed by atoms with Crippen LogP contribution in [0.1, 0.15) is 5.76 Å². The molecule has 0 amide bonds. The molecular formula is C6H6BrN3OS. The molecule has 1 aromatic heterocycles. The summed E-state index contributed by atoms with van der Waals surface area (Å²) in [5.74, 6) is 0.616. The minimum Gasteiger partial charge on any atom is -0.448 e. The minimum absolute atomic E-state index is 0.122. The number of hydrogen-bond acceptors (Lipinski definition) is 3. The highest BCUT2D eigenvalue weighted by Gasteiger charge is 1.93. The van der Waals surface area contributed by atoms with E-state index in [-0.39, 0.29) is 5.11 Å². The molecule has 0 saturated heterocycles. The number of hydrazone groups is 1. The predicted octanol–water partition coefficient (Wildman–Crippen LogP) is 1.21. The summed E-state index contributed by atoms with van der Waals surface area (Å²) in [5.41, 5.74) is 7.54. The van der Waals surface area contributed by atoms with Crippen LogP contribution in [0, 0.1) is 0 Å². The average molecular weight is 248 g/mol. The lowest BCUT2D eigenvalue weighted by atomic mass is 10.5. The zero-order valence-electron chi connectivity index (χ0n) is 5.95. The van der Waals surface area contributed by atoms with E-state index in [2.05, 4.69) is 38.7 Å². The molecule has 12 heavy (non-hydrogen) atoms. The van der Waals surface area contributed by atoms with Crippen molar-refractivity contribution in [1.82, 2.24) is 5.43 Å². The maximum atomic E-state index is 5.13. The normalized spacial score (nSPS) is 10.4. The average Bonchev–Trinajstić information content (AvgIpc) is 2.35. The number of thiocarbonyl (C=S) groups is 1. The first-order chi connectivity index (χ1) is 5.68. The van der Waals surface area contributed by atoms with E-state index in [0.717, 1.165) is 0 Å². The van der Waals surface area contributed by atoms with Gasteiger partial charge in [-0.2, -0.15) is 5.10 Å². The van der Waals surface area contributed by atoms with E-state index in [9.17, 15) is 0 Å². The Kier molecular flexibility index (Phi) is 3.24. The third-order valence-electron chi connectivity index (χ3n) is 0.961. The molecule has 0 spiro atoms. The molecule has 0 saturated carbocycles. The molecule has 3 N–H and O–H groups in total. The van der Waals surface area contributed by atoms with E-state index in [1.165, 1.54) is 6.21 Å². The number of nitrogens with one attached hydrogen (secondary N) is 1. The van der Waals surface area contributed by atoms with Gasteiger partial charge in [-0.25, -0.2) is 0 Å². The van der Waals surface area contributed by atoms with Crippen molar-refractivity contribution in [2.75, 3.05) is 0 Å². The van der Waals surface area contributed by atoms with Crippen LogP contribution in [0.5, 0.6) is 0 Å². The molecule has 0 aliphatic carbocycles. The molecule has 64 valence electrons. The fourth-order valence-corrected chi connectivity index (χ4v) is 0.929. The van der Waals surface area contributed by atoms with Crippen molar-refractivity contribution in [2.45, 2.75) is 0 Å². The van der Waals surface area contributed by atoms with Crippen molar-refractivity contribution >= 4 is 39.5 Å². The molecule has 4 nitrogen and oxygen atoms in total. The lowest BCUT2D eigenvalue weighted by molar-refractivity contribution is 0.534. The Morgan fingerprint density at radius 3 is 3.00 bits per heavy atom.